The average Bonchev–Trinajstić information content (AvgIpc) is 2.88. The number of nitrogens with zero attached hydrogens (tertiary/aromatic N) is 2. The van der Waals surface area contributed by atoms with Crippen molar-refractivity contribution < 1.29 is 0 Å². The van der Waals surface area contributed by atoms with Crippen molar-refractivity contribution in [1.82, 2.24) is 9.78 Å². The van der Waals surface area contributed by atoms with Gasteiger partial charge in [-0.05, 0) is 17.9 Å². The molecule has 1 unspecified atom stereocenters. The monoisotopic (exact) mass is 205 g/mol. The SMILES string of the molecule is c1csc(C2CCNc3ccnn32)c1. The van der Waals surface area contributed by atoms with E-state index in [2.05, 4.69) is 32.6 Å². The Hall–Kier alpha value is -1.29. The van der Waals surface area contributed by atoms with Crippen LogP contribution in [0.2, 0.25) is 0 Å². The normalized spacial score (nSPS) is 20.1. The lowest BCUT2D eigenvalue weighted by atomic mass is 10.1. The Bertz CT molecular complexity index is 418. The highest BCUT2D eigenvalue weighted by atomic mass is 32.1. The lowest BCUT2D eigenvalue weighted by molar-refractivity contribution is 0.489. The highest BCUT2D eigenvalue weighted by molar-refractivity contribution is 7.10. The zero-order valence-electron chi connectivity index (χ0n) is 7.68. The number of hydrogen-bond donors (Lipinski definition) is 1. The van der Waals surface area contributed by atoms with Crippen LogP contribution in [0.1, 0.15) is 17.3 Å². The van der Waals surface area contributed by atoms with E-state index in [0.717, 1.165) is 18.8 Å². The predicted octanol–water partition coefficient (Wildman–Crippen LogP) is 2.35. The lowest BCUT2D eigenvalue weighted by Crippen LogP contribution is -2.23. The van der Waals surface area contributed by atoms with Gasteiger partial charge in [-0.1, -0.05) is 6.07 Å². The van der Waals surface area contributed by atoms with Crippen molar-refractivity contribution in [2.45, 2.75) is 12.5 Å². The second kappa shape index (κ2) is 3.13. The molecule has 72 valence electrons. The Morgan fingerprint density at radius 3 is 3.36 bits per heavy atom. The van der Waals surface area contributed by atoms with Crippen molar-refractivity contribution in [3.05, 3.63) is 34.7 Å². The number of aromatic nitrogens is 2. The molecule has 2 aromatic rings. The fourth-order valence-electron chi connectivity index (χ4n) is 1.91. The molecule has 0 saturated heterocycles. The fourth-order valence-corrected chi connectivity index (χ4v) is 2.75. The van der Waals surface area contributed by atoms with Crippen molar-refractivity contribution in [1.29, 1.82) is 0 Å². The zero-order chi connectivity index (χ0) is 9.38. The molecule has 0 aliphatic carbocycles. The van der Waals surface area contributed by atoms with E-state index in [1.165, 1.54) is 4.88 Å². The quantitative estimate of drug-likeness (QED) is 0.774. The Balaban J connectivity index is 2.04. The van der Waals surface area contributed by atoms with E-state index >= 15 is 0 Å². The van der Waals surface area contributed by atoms with Crippen LogP contribution in [-0.4, -0.2) is 16.3 Å². The van der Waals surface area contributed by atoms with Crippen molar-refractivity contribution >= 4 is 17.2 Å². The van der Waals surface area contributed by atoms with Gasteiger partial charge in [0.1, 0.15) is 5.82 Å². The molecule has 2 aromatic heterocycles. The second-order valence-electron chi connectivity index (χ2n) is 3.41. The van der Waals surface area contributed by atoms with Gasteiger partial charge in [0.2, 0.25) is 0 Å². The average molecular weight is 205 g/mol. The van der Waals surface area contributed by atoms with E-state index in [1.807, 2.05) is 23.6 Å². The number of anilines is 1. The molecule has 0 fully saturated rings. The highest BCUT2D eigenvalue weighted by Gasteiger charge is 2.21. The van der Waals surface area contributed by atoms with Crippen LogP contribution in [-0.2, 0) is 0 Å². The molecule has 0 saturated carbocycles. The summed E-state index contributed by atoms with van der Waals surface area (Å²) in [6.07, 6.45) is 2.98. The molecule has 0 bridgehead atoms. The second-order valence-corrected chi connectivity index (χ2v) is 4.39. The van der Waals surface area contributed by atoms with Crippen molar-refractivity contribution in [3.63, 3.8) is 0 Å². The van der Waals surface area contributed by atoms with Gasteiger partial charge in [0, 0.05) is 17.5 Å². The third kappa shape index (κ3) is 1.14. The summed E-state index contributed by atoms with van der Waals surface area (Å²) in [6, 6.07) is 6.75. The first kappa shape index (κ1) is 8.05. The first-order valence-electron chi connectivity index (χ1n) is 4.76. The molecule has 4 heteroatoms. The molecule has 1 atom stereocenters. The van der Waals surface area contributed by atoms with Crippen molar-refractivity contribution in [2.75, 3.05) is 11.9 Å². The number of hydrogen-bond acceptors (Lipinski definition) is 3. The van der Waals surface area contributed by atoms with Gasteiger partial charge in [-0.15, -0.1) is 11.3 Å². The lowest BCUT2D eigenvalue weighted by Gasteiger charge is -2.24. The van der Waals surface area contributed by atoms with Crippen LogP contribution < -0.4 is 5.32 Å². The summed E-state index contributed by atoms with van der Waals surface area (Å²) in [5, 5.41) is 9.82. The van der Waals surface area contributed by atoms with Crippen LogP contribution >= 0.6 is 11.3 Å². The van der Waals surface area contributed by atoms with E-state index in [0.29, 0.717) is 6.04 Å². The van der Waals surface area contributed by atoms with E-state index in [4.69, 9.17) is 0 Å². The summed E-state index contributed by atoms with van der Waals surface area (Å²) >= 11 is 1.81. The molecule has 1 aliphatic rings. The Morgan fingerprint density at radius 1 is 1.50 bits per heavy atom. The van der Waals surface area contributed by atoms with Crippen LogP contribution in [0.4, 0.5) is 5.82 Å². The Kier molecular flexibility index (Phi) is 1.80. The maximum absolute atomic E-state index is 4.36. The van der Waals surface area contributed by atoms with Gasteiger partial charge in [-0.3, -0.25) is 0 Å². The summed E-state index contributed by atoms with van der Waals surface area (Å²) in [7, 11) is 0. The van der Waals surface area contributed by atoms with Gasteiger partial charge in [-0.2, -0.15) is 5.10 Å². The Labute approximate surface area is 86.4 Å². The molecule has 3 heterocycles. The van der Waals surface area contributed by atoms with Gasteiger partial charge in [-0.25, -0.2) is 4.68 Å². The van der Waals surface area contributed by atoms with Crippen LogP contribution in [0.3, 0.4) is 0 Å². The smallest absolute Gasteiger partial charge is 0.124 e. The minimum Gasteiger partial charge on any atom is -0.370 e. The molecule has 0 spiro atoms. The number of fused-ring (bicyclic) bond motifs is 1. The first-order chi connectivity index (χ1) is 6.95. The largest absolute Gasteiger partial charge is 0.370 e. The molecule has 3 nitrogen and oxygen atoms in total. The zero-order valence-corrected chi connectivity index (χ0v) is 8.50. The highest BCUT2D eigenvalue weighted by Crippen LogP contribution is 2.31. The third-order valence-electron chi connectivity index (χ3n) is 2.56. The molecule has 14 heavy (non-hydrogen) atoms. The maximum Gasteiger partial charge on any atom is 0.124 e. The summed E-state index contributed by atoms with van der Waals surface area (Å²) in [5.41, 5.74) is 0. The van der Waals surface area contributed by atoms with E-state index in [1.54, 1.807) is 0 Å². The third-order valence-corrected chi connectivity index (χ3v) is 3.53. The van der Waals surface area contributed by atoms with Crippen LogP contribution in [0.25, 0.3) is 0 Å². The van der Waals surface area contributed by atoms with E-state index < -0.39 is 0 Å². The summed E-state index contributed by atoms with van der Waals surface area (Å²) < 4.78 is 2.08. The molecule has 1 aliphatic heterocycles. The van der Waals surface area contributed by atoms with Gasteiger partial charge in [0.05, 0.1) is 12.2 Å². The fraction of sp³-hybridized carbons (Fsp3) is 0.300. The molecule has 0 radical (unpaired) electrons. The van der Waals surface area contributed by atoms with Crippen molar-refractivity contribution in [2.24, 2.45) is 0 Å². The predicted molar refractivity (Wildman–Crippen MR) is 57.8 cm³/mol. The van der Waals surface area contributed by atoms with Crippen molar-refractivity contribution in [3.8, 4) is 0 Å². The topological polar surface area (TPSA) is 29.9 Å². The first-order valence-corrected chi connectivity index (χ1v) is 5.64. The van der Waals surface area contributed by atoms with Gasteiger partial charge >= 0.3 is 0 Å². The summed E-state index contributed by atoms with van der Waals surface area (Å²) in [4.78, 5) is 1.40. The van der Waals surface area contributed by atoms with E-state index in [-0.39, 0.29) is 0 Å². The number of rotatable bonds is 1. The van der Waals surface area contributed by atoms with E-state index in [9.17, 15) is 0 Å². The molecule has 0 aromatic carbocycles. The van der Waals surface area contributed by atoms with Crippen LogP contribution in [0.15, 0.2) is 29.8 Å². The number of nitrogens with one attached hydrogen (secondary N) is 1. The summed E-state index contributed by atoms with van der Waals surface area (Å²) in [6.45, 7) is 1.04. The van der Waals surface area contributed by atoms with Crippen LogP contribution in [0, 0.1) is 0 Å². The Morgan fingerprint density at radius 2 is 2.50 bits per heavy atom. The molecule has 3 rings (SSSR count). The minimum absolute atomic E-state index is 0.432. The molecular weight excluding hydrogens is 194 g/mol. The van der Waals surface area contributed by atoms with Crippen LogP contribution in [0.5, 0.6) is 0 Å². The maximum atomic E-state index is 4.36. The summed E-state index contributed by atoms with van der Waals surface area (Å²) in [5.74, 6) is 1.13. The van der Waals surface area contributed by atoms with Gasteiger partial charge in [0.15, 0.2) is 0 Å². The molecule has 1 N–H and O–H groups in total. The standard InChI is InChI=1S/C10H11N3S/c1-2-9(14-7-1)8-3-5-11-10-4-6-12-13(8)10/h1-2,4,6-8,11H,3,5H2. The minimum atomic E-state index is 0.432. The molecule has 0 amide bonds. The molecular formula is C10H11N3S. The number of thiophene rings is 1. The van der Waals surface area contributed by atoms with Gasteiger partial charge in [0.25, 0.3) is 0 Å². The van der Waals surface area contributed by atoms with Gasteiger partial charge < -0.3 is 5.32 Å².